The van der Waals surface area contributed by atoms with Crippen LogP contribution in [-0.2, 0) is 28.5 Å². The van der Waals surface area contributed by atoms with Crippen LogP contribution < -0.4 is 0 Å². The minimum atomic E-state index is -3.66. The maximum atomic E-state index is 12.2. The van der Waals surface area contributed by atoms with Crippen LogP contribution in [0.1, 0.15) is 122 Å². The predicted octanol–water partition coefficient (Wildman–Crippen LogP) is 8.40. The van der Waals surface area contributed by atoms with Crippen LogP contribution in [0, 0.1) is 12.8 Å². The lowest BCUT2D eigenvalue weighted by Crippen LogP contribution is -2.15. The van der Waals surface area contributed by atoms with Gasteiger partial charge in [0.25, 0.3) is 10.1 Å². The van der Waals surface area contributed by atoms with E-state index in [0.717, 1.165) is 57.5 Å². The van der Waals surface area contributed by atoms with Gasteiger partial charge in [0.1, 0.15) is 0 Å². The molecule has 1 aliphatic rings. The van der Waals surface area contributed by atoms with Crippen molar-refractivity contribution in [2.45, 2.75) is 134 Å². The molecule has 6 nitrogen and oxygen atoms in total. The molecule has 0 bridgehead atoms. The summed E-state index contributed by atoms with van der Waals surface area (Å²) in [4.78, 5) is 0.217. The molecule has 2 atom stereocenters. The van der Waals surface area contributed by atoms with E-state index in [1.165, 1.54) is 77.0 Å². The fraction of sp³-hybridized carbons (Fsp3) is 0.818. The second-order valence-corrected chi connectivity index (χ2v) is 13.2. The van der Waals surface area contributed by atoms with Crippen LogP contribution in [0.15, 0.2) is 29.2 Å². The number of rotatable bonds is 26. The molecule has 0 amide bonds. The van der Waals surface area contributed by atoms with Gasteiger partial charge in [0.2, 0.25) is 0 Å². The maximum absolute atomic E-state index is 12.2. The SMILES string of the molecule is CCCCCCCCCCCCCCOC[C@@H]1CO[C@@H](COCCCCCCOS(=O)(=O)c2ccc(C)cc2)C1. The summed E-state index contributed by atoms with van der Waals surface area (Å²) in [6.07, 6.45) is 21.2. The highest BCUT2D eigenvalue weighted by Crippen LogP contribution is 2.21. The third-order valence-electron chi connectivity index (χ3n) is 7.69. The Kier molecular flexibility index (Phi) is 19.9. The van der Waals surface area contributed by atoms with Crippen molar-refractivity contribution >= 4 is 10.1 Å². The van der Waals surface area contributed by atoms with Crippen LogP contribution in [0.2, 0.25) is 0 Å². The number of hydrogen-bond acceptors (Lipinski definition) is 6. The largest absolute Gasteiger partial charge is 0.381 e. The summed E-state index contributed by atoms with van der Waals surface area (Å²) >= 11 is 0. The Morgan fingerprint density at radius 3 is 1.77 bits per heavy atom. The molecule has 1 aromatic rings. The zero-order valence-electron chi connectivity index (χ0n) is 25.6. The van der Waals surface area contributed by atoms with Crippen molar-refractivity contribution in [3.63, 3.8) is 0 Å². The first kappa shape index (κ1) is 35.2. The Morgan fingerprint density at radius 1 is 0.700 bits per heavy atom. The smallest absolute Gasteiger partial charge is 0.296 e. The normalized spacial score (nSPS) is 17.6. The van der Waals surface area contributed by atoms with E-state index < -0.39 is 10.1 Å². The fourth-order valence-electron chi connectivity index (χ4n) is 5.12. The average Bonchev–Trinajstić information content (AvgIpc) is 3.40. The van der Waals surface area contributed by atoms with Crippen LogP contribution in [0.25, 0.3) is 0 Å². The lowest BCUT2D eigenvalue weighted by molar-refractivity contribution is 0.0140. The van der Waals surface area contributed by atoms with Crippen LogP contribution in [0.3, 0.4) is 0 Å². The molecule has 0 radical (unpaired) electrons. The van der Waals surface area contributed by atoms with Gasteiger partial charge in [0.15, 0.2) is 0 Å². The van der Waals surface area contributed by atoms with E-state index >= 15 is 0 Å². The molecule has 1 aromatic carbocycles. The summed E-state index contributed by atoms with van der Waals surface area (Å²) < 4.78 is 47.2. The number of hydrogen-bond donors (Lipinski definition) is 0. The van der Waals surface area contributed by atoms with E-state index in [1.54, 1.807) is 24.3 Å². The molecule has 1 aliphatic heterocycles. The monoisotopic (exact) mass is 582 g/mol. The first-order valence-electron chi connectivity index (χ1n) is 16.2. The van der Waals surface area contributed by atoms with Gasteiger partial charge in [-0.05, 0) is 44.7 Å². The minimum absolute atomic E-state index is 0.181. The van der Waals surface area contributed by atoms with E-state index in [1.807, 2.05) is 6.92 Å². The standard InChI is InChI=1S/C33H58O6S/c1-3-4-5-6-7-8-9-10-11-12-13-16-23-36-27-31-26-32(38-28-31)29-37-24-17-14-15-18-25-39-40(34,35)33-21-19-30(2)20-22-33/h19-22,31-32H,3-18,23-29H2,1-2H3/t31-,32-/m1/s1. The topological polar surface area (TPSA) is 71.1 Å². The first-order chi connectivity index (χ1) is 19.5. The minimum Gasteiger partial charge on any atom is -0.381 e. The molecule has 1 fully saturated rings. The zero-order valence-corrected chi connectivity index (χ0v) is 26.4. The summed E-state index contributed by atoms with van der Waals surface area (Å²) in [6, 6.07) is 6.74. The summed E-state index contributed by atoms with van der Waals surface area (Å²) in [7, 11) is -3.66. The highest BCUT2D eigenvalue weighted by Gasteiger charge is 2.25. The molecule has 0 aromatic heterocycles. The van der Waals surface area contributed by atoms with Gasteiger partial charge in [-0.1, -0.05) is 108 Å². The van der Waals surface area contributed by atoms with Crippen molar-refractivity contribution in [3.8, 4) is 0 Å². The predicted molar refractivity (Wildman–Crippen MR) is 163 cm³/mol. The van der Waals surface area contributed by atoms with Crippen LogP contribution in [0.4, 0.5) is 0 Å². The highest BCUT2D eigenvalue weighted by atomic mass is 32.2. The molecule has 40 heavy (non-hydrogen) atoms. The third kappa shape index (κ3) is 17.1. The molecule has 0 aliphatic carbocycles. The third-order valence-corrected chi connectivity index (χ3v) is 9.02. The second kappa shape index (κ2) is 22.6. The van der Waals surface area contributed by atoms with Gasteiger partial charge in [0, 0.05) is 19.1 Å². The Balaban J connectivity index is 1.32. The van der Waals surface area contributed by atoms with Gasteiger partial charge in [0.05, 0.1) is 37.4 Å². The average molecular weight is 583 g/mol. The maximum Gasteiger partial charge on any atom is 0.296 e. The van der Waals surface area contributed by atoms with E-state index in [4.69, 9.17) is 18.4 Å². The van der Waals surface area contributed by atoms with Crippen molar-refractivity contribution in [1.82, 2.24) is 0 Å². The molecule has 232 valence electrons. The summed E-state index contributed by atoms with van der Waals surface area (Å²) in [5, 5.41) is 0. The molecule has 0 saturated carbocycles. The molecular formula is C33H58O6S. The first-order valence-corrected chi connectivity index (χ1v) is 17.6. The number of aryl methyl sites for hydroxylation is 1. The van der Waals surface area contributed by atoms with Crippen LogP contribution >= 0.6 is 0 Å². The molecule has 2 rings (SSSR count). The number of benzene rings is 1. The fourth-order valence-corrected chi connectivity index (χ4v) is 6.07. The molecule has 1 saturated heterocycles. The Labute approximate surface area is 246 Å². The summed E-state index contributed by atoms with van der Waals surface area (Å²) in [5.41, 5.74) is 1.02. The lowest BCUT2D eigenvalue weighted by Gasteiger charge is -2.11. The van der Waals surface area contributed by atoms with E-state index in [0.29, 0.717) is 19.1 Å². The quantitative estimate of drug-likeness (QED) is 0.0807. The summed E-state index contributed by atoms with van der Waals surface area (Å²) in [5.74, 6) is 0.488. The number of ether oxygens (including phenoxy) is 3. The van der Waals surface area contributed by atoms with Crippen molar-refractivity contribution in [1.29, 1.82) is 0 Å². The molecule has 7 heteroatoms. The van der Waals surface area contributed by atoms with Gasteiger partial charge in [-0.15, -0.1) is 0 Å². The van der Waals surface area contributed by atoms with Gasteiger partial charge in [-0.2, -0.15) is 8.42 Å². The number of unbranched alkanes of at least 4 members (excludes halogenated alkanes) is 14. The van der Waals surface area contributed by atoms with Crippen molar-refractivity contribution in [2.24, 2.45) is 5.92 Å². The molecule has 0 spiro atoms. The molecular weight excluding hydrogens is 524 g/mol. The van der Waals surface area contributed by atoms with Crippen molar-refractivity contribution in [2.75, 3.05) is 39.6 Å². The van der Waals surface area contributed by atoms with Crippen LogP contribution in [-0.4, -0.2) is 54.2 Å². The molecule has 1 heterocycles. The van der Waals surface area contributed by atoms with E-state index in [-0.39, 0.29) is 17.6 Å². The van der Waals surface area contributed by atoms with Crippen LogP contribution in [0.5, 0.6) is 0 Å². The van der Waals surface area contributed by atoms with Crippen molar-refractivity contribution in [3.05, 3.63) is 29.8 Å². The van der Waals surface area contributed by atoms with E-state index in [2.05, 4.69) is 6.92 Å². The molecule has 0 unspecified atom stereocenters. The van der Waals surface area contributed by atoms with Gasteiger partial charge < -0.3 is 14.2 Å². The van der Waals surface area contributed by atoms with Gasteiger partial charge in [-0.3, -0.25) is 4.18 Å². The second-order valence-electron chi connectivity index (χ2n) is 11.6. The lowest BCUT2D eigenvalue weighted by atomic mass is 10.1. The van der Waals surface area contributed by atoms with E-state index in [9.17, 15) is 8.42 Å². The molecule has 0 N–H and O–H groups in total. The highest BCUT2D eigenvalue weighted by molar-refractivity contribution is 7.86. The zero-order chi connectivity index (χ0) is 28.7. The Hall–Kier alpha value is -0.990. The van der Waals surface area contributed by atoms with Crippen molar-refractivity contribution < 1.29 is 26.8 Å². The van der Waals surface area contributed by atoms with Gasteiger partial charge in [-0.25, -0.2) is 0 Å². The summed E-state index contributed by atoms with van der Waals surface area (Å²) in [6.45, 7) is 8.23. The Bertz CT molecular complexity index is 826. The van der Waals surface area contributed by atoms with Gasteiger partial charge >= 0.3 is 0 Å². The Morgan fingerprint density at radius 2 is 1.20 bits per heavy atom.